The highest BCUT2D eigenvalue weighted by molar-refractivity contribution is 6.03. The fourth-order valence-corrected chi connectivity index (χ4v) is 4.27. The Morgan fingerprint density at radius 2 is 1.75 bits per heavy atom. The monoisotopic (exact) mass is 445 g/mol. The summed E-state index contributed by atoms with van der Waals surface area (Å²) in [5.74, 6) is 0.272. The summed E-state index contributed by atoms with van der Waals surface area (Å²) in [7, 11) is 4.59. The van der Waals surface area contributed by atoms with Gasteiger partial charge in [0, 0.05) is 35.9 Å². The Kier molecular flexibility index (Phi) is 7.80. The van der Waals surface area contributed by atoms with Gasteiger partial charge in [-0.2, -0.15) is 0 Å². The number of ketones is 1. The molecule has 0 bridgehead atoms. The SMILES string of the molecule is CCOCCOC(=O)C1=C(C)NC2=C(C(=O)CCC2)[C@@H]1c1cc(OC)c(OC)c(OC)c1. The summed E-state index contributed by atoms with van der Waals surface area (Å²) in [4.78, 5) is 26.2. The number of ether oxygens (including phenoxy) is 5. The highest BCUT2D eigenvalue weighted by atomic mass is 16.6. The number of benzene rings is 1. The Labute approximate surface area is 188 Å². The van der Waals surface area contributed by atoms with Gasteiger partial charge in [-0.25, -0.2) is 4.79 Å². The minimum Gasteiger partial charge on any atom is -0.493 e. The Balaban J connectivity index is 2.12. The Bertz CT molecular complexity index is 923. The molecular formula is C24H31NO7. The molecule has 0 saturated carbocycles. The van der Waals surface area contributed by atoms with E-state index < -0.39 is 11.9 Å². The zero-order chi connectivity index (χ0) is 23.3. The zero-order valence-electron chi connectivity index (χ0n) is 19.3. The molecule has 1 atom stereocenters. The standard InChI is InChI=1S/C24H31NO7/c1-6-31-10-11-32-24(27)20-14(2)25-16-8-7-9-17(26)22(16)21(20)15-12-18(28-3)23(30-5)19(13-15)29-4/h12-13,21,25H,6-11H2,1-5H3/t21-/m1/s1. The largest absolute Gasteiger partial charge is 0.493 e. The van der Waals surface area contributed by atoms with Crippen molar-refractivity contribution in [1.29, 1.82) is 0 Å². The molecule has 32 heavy (non-hydrogen) atoms. The first-order valence-corrected chi connectivity index (χ1v) is 10.8. The van der Waals surface area contributed by atoms with Crippen LogP contribution in [0.5, 0.6) is 17.2 Å². The van der Waals surface area contributed by atoms with Crippen LogP contribution in [0.15, 0.2) is 34.7 Å². The summed E-state index contributed by atoms with van der Waals surface area (Å²) in [6.07, 6.45) is 1.95. The van der Waals surface area contributed by atoms with E-state index in [2.05, 4.69) is 5.32 Å². The third-order valence-corrected chi connectivity index (χ3v) is 5.68. The number of carbonyl (C=O) groups excluding carboxylic acids is 2. The molecule has 0 spiro atoms. The van der Waals surface area contributed by atoms with Crippen LogP contribution < -0.4 is 19.5 Å². The number of carbonyl (C=O) groups is 2. The third-order valence-electron chi connectivity index (χ3n) is 5.68. The molecule has 174 valence electrons. The molecule has 3 rings (SSSR count). The number of Topliss-reactive ketones (excluding diaryl/α,β-unsaturated/α-hetero) is 1. The van der Waals surface area contributed by atoms with Crippen molar-refractivity contribution in [3.05, 3.63) is 40.2 Å². The lowest BCUT2D eigenvalue weighted by atomic mass is 9.75. The van der Waals surface area contributed by atoms with Crippen LogP contribution in [0.3, 0.4) is 0 Å². The minimum absolute atomic E-state index is 0.0182. The van der Waals surface area contributed by atoms with E-state index in [1.807, 2.05) is 13.8 Å². The van der Waals surface area contributed by atoms with Crippen LogP contribution in [0.4, 0.5) is 0 Å². The van der Waals surface area contributed by atoms with Crippen LogP contribution in [0, 0.1) is 0 Å². The van der Waals surface area contributed by atoms with Crippen LogP contribution in [-0.2, 0) is 19.1 Å². The lowest BCUT2D eigenvalue weighted by Crippen LogP contribution is -2.34. The molecule has 1 aromatic carbocycles. The molecule has 1 aromatic rings. The molecule has 0 aromatic heterocycles. The molecule has 0 fully saturated rings. The summed E-state index contributed by atoms with van der Waals surface area (Å²) in [6.45, 7) is 4.68. The van der Waals surface area contributed by atoms with E-state index in [4.69, 9.17) is 23.7 Å². The van der Waals surface area contributed by atoms with E-state index in [9.17, 15) is 9.59 Å². The molecule has 0 amide bonds. The van der Waals surface area contributed by atoms with Crippen LogP contribution in [0.1, 0.15) is 44.6 Å². The lowest BCUT2D eigenvalue weighted by Gasteiger charge is -2.34. The molecule has 8 heteroatoms. The maximum absolute atomic E-state index is 13.2. The van der Waals surface area contributed by atoms with Gasteiger partial charge in [0.25, 0.3) is 0 Å². The van der Waals surface area contributed by atoms with E-state index in [-0.39, 0.29) is 12.4 Å². The molecular weight excluding hydrogens is 414 g/mol. The highest BCUT2D eigenvalue weighted by Crippen LogP contribution is 2.47. The van der Waals surface area contributed by atoms with Gasteiger partial charge in [-0.05, 0) is 44.4 Å². The number of hydrogen-bond donors (Lipinski definition) is 1. The van der Waals surface area contributed by atoms with E-state index in [1.165, 1.54) is 21.3 Å². The summed E-state index contributed by atoms with van der Waals surface area (Å²) >= 11 is 0. The smallest absolute Gasteiger partial charge is 0.336 e. The van der Waals surface area contributed by atoms with Gasteiger partial charge in [0.1, 0.15) is 6.61 Å². The molecule has 0 radical (unpaired) electrons. The number of esters is 1. The van der Waals surface area contributed by atoms with Gasteiger partial charge in [-0.1, -0.05) is 0 Å². The average Bonchev–Trinajstić information content (AvgIpc) is 2.79. The van der Waals surface area contributed by atoms with E-state index in [1.54, 1.807) is 12.1 Å². The van der Waals surface area contributed by atoms with Gasteiger partial charge in [-0.3, -0.25) is 4.79 Å². The lowest BCUT2D eigenvalue weighted by molar-refractivity contribution is -0.140. The van der Waals surface area contributed by atoms with Gasteiger partial charge >= 0.3 is 5.97 Å². The second-order valence-electron chi connectivity index (χ2n) is 7.56. The van der Waals surface area contributed by atoms with Gasteiger partial charge in [0.05, 0.1) is 33.5 Å². The summed E-state index contributed by atoms with van der Waals surface area (Å²) in [6, 6.07) is 3.56. The first-order valence-electron chi connectivity index (χ1n) is 10.8. The molecule has 1 aliphatic heterocycles. The van der Waals surface area contributed by atoms with Crippen LogP contribution in [-0.4, -0.2) is 52.9 Å². The van der Waals surface area contributed by atoms with Gasteiger partial charge in [0.15, 0.2) is 17.3 Å². The second-order valence-corrected chi connectivity index (χ2v) is 7.56. The molecule has 1 aliphatic carbocycles. The Hall–Kier alpha value is -3.00. The summed E-state index contributed by atoms with van der Waals surface area (Å²) in [5.41, 5.74) is 3.19. The fraction of sp³-hybridized carbons (Fsp3) is 0.500. The normalized spacial score (nSPS) is 18.2. The van der Waals surface area contributed by atoms with Gasteiger partial charge in [0.2, 0.25) is 5.75 Å². The zero-order valence-corrected chi connectivity index (χ0v) is 19.3. The number of dihydropyridines is 1. The molecule has 8 nitrogen and oxygen atoms in total. The molecule has 0 unspecified atom stereocenters. The van der Waals surface area contributed by atoms with Gasteiger partial charge in [-0.15, -0.1) is 0 Å². The van der Waals surface area contributed by atoms with E-state index in [0.29, 0.717) is 59.3 Å². The van der Waals surface area contributed by atoms with E-state index in [0.717, 1.165) is 18.5 Å². The molecule has 1 N–H and O–H groups in total. The third kappa shape index (κ3) is 4.60. The maximum atomic E-state index is 13.2. The highest BCUT2D eigenvalue weighted by Gasteiger charge is 2.40. The van der Waals surface area contributed by atoms with Crippen molar-refractivity contribution in [2.75, 3.05) is 41.2 Å². The molecule has 1 heterocycles. The number of nitrogens with one attached hydrogen (secondary N) is 1. The quantitative estimate of drug-likeness (QED) is 0.457. The first-order chi connectivity index (χ1) is 15.5. The predicted octanol–water partition coefficient (Wildman–Crippen LogP) is 3.26. The predicted molar refractivity (Wildman–Crippen MR) is 118 cm³/mol. The van der Waals surface area contributed by atoms with Crippen molar-refractivity contribution in [2.45, 2.75) is 39.0 Å². The molecule has 0 saturated heterocycles. The number of methoxy groups -OCH3 is 3. The second kappa shape index (κ2) is 10.5. The average molecular weight is 446 g/mol. The van der Waals surface area contributed by atoms with Gasteiger partial charge < -0.3 is 29.0 Å². The van der Waals surface area contributed by atoms with Crippen LogP contribution in [0.25, 0.3) is 0 Å². The van der Waals surface area contributed by atoms with Crippen molar-refractivity contribution in [2.24, 2.45) is 0 Å². The Morgan fingerprint density at radius 1 is 1.06 bits per heavy atom. The summed E-state index contributed by atoms with van der Waals surface area (Å²) < 4.78 is 27.3. The number of rotatable bonds is 9. The van der Waals surface area contributed by atoms with Crippen LogP contribution >= 0.6 is 0 Å². The van der Waals surface area contributed by atoms with Crippen molar-refractivity contribution in [1.82, 2.24) is 5.32 Å². The topological polar surface area (TPSA) is 92.3 Å². The van der Waals surface area contributed by atoms with Crippen LogP contribution in [0.2, 0.25) is 0 Å². The van der Waals surface area contributed by atoms with Crippen molar-refractivity contribution in [3.8, 4) is 17.2 Å². The first kappa shape index (κ1) is 23.7. The van der Waals surface area contributed by atoms with Crippen molar-refractivity contribution >= 4 is 11.8 Å². The minimum atomic E-state index is -0.604. The maximum Gasteiger partial charge on any atom is 0.336 e. The molecule has 2 aliphatic rings. The number of allylic oxidation sites excluding steroid dienone is 3. The fourth-order valence-electron chi connectivity index (χ4n) is 4.27. The van der Waals surface area contributed by atoms with Crippen molar-refractivity contribution < 1.29 is 33.3 Å². The summed E-state index contributed by atoms with van der Waals surface area (Å²) in [5, 5.41) is 3.28. The van der Waals surface area contributed by atoms with Crippen molar-refractivity contribution in [3.63, 3.8) is 0 Å². The number of hydrogen-bond acceptors (Lipinski definition) is 8. The Morgan fingerprint density at radius 3 is 2.34 bits per heavy atom. The van der Waals surface area contributed by atoms with E-state index >= 15 is 0 Å².